The molecule has 0 bridgehead atoms. The van der Waals surface area contributed by atoms with Crippen molar-refractivity contribution < 1.29 is 15.0 Å². The monoisotopic (exact) mass is 243 g/mol. The van der Waals surface area contributed by atoms with Crippen LogP contribution in [0.2, 0.25) is 5.02 Å². The number of hydrogen-bond acceptors (Lipinski definition) is 3. The van der Waals surface area contributed by atoms with E-state index in [4.69, 9.17) is 16.7 Å². The lowest BCUT2D eigenvalue weighted by molar-refractivity contribution is -0.114. The van der Waals surface area contributed by atoms with Crippen LogP contribution in [-0.4, -0.2) is 22.7 Å². The highest BCUT2D eigenvalue weighted by Gasteiger charge is 2.13. The Morgan fingerprint density at radius 2 is 2.25 bits per heavy atom. The van der Waals surface area contributed by atoms with E-state index in [0.29, 0.717) is 16.3 Å². The smallest absolute Gasteiger partial charge is 0.221 e. The second-order valence-electron chi connectivity index (χ2n) is 3.44. The molecule has 16 heavy (non-hydrogen) atoms. The number of carbonyl (C=O) groups is 1. The van der Waals surface area contributed by atoms with Gasteiger partial charge in [-0.2, -0.15) is 0 Å². The minimum atomic E-state index is -0.842. The number of hydrogen-bond donors (Lipinski definition) is 3. The Hall–Kier alpha value is -1.10. The van der Waals surface area contributed by atoms with Gasteiger partial charge in [0, 0.05) is 36.2 Å². The van der Waals surface area contributed by atoms with Crippen molar-refractivity contribution in [3.8, 4) is 0 Å². The van der Waals surface area contributed by atoms with Crippen LogP contribution in [0.5, 0.6) is 0 Å². The molecule has 0 saturated carbocycles. The maximum atomic E-state index is 11.0. The molecule has 1 aromatic carbocycles. The van der Waals surface area contributed by atoms with Crippen LogP contribution in [0.1, 0.15) is 25.0 Å². The number of nitrogens with one attached hydrogen (secondary N) is 1. The average Bonchev–Trinajstić information content (AvgIpc) is 2.20. The maximum absolute atomic E-state index is 11.0. The summed E-state index contributed by atoms with van der Waals surface area (Å²) in [6.07, 6.45) is -0.641. The van der Waals surface area contributed by atoms with Gasteiger partial charge in [-0.05, 0) is 18.2 Å². The highest BCUT2D eigenvalue weighted by molar-refractivity contribution is 6.30. The Morgan fingerprint density at radius 1 is 1.56 bits per heavy atom. The third-order valence-corrected chi connectivity index (χ3v) is 2.32. The molecule has 5 heteroatoms. The summed E-state index contributed by atoms with van der Waals surface area (Å²) in [5, 5.41) is 21.6. The topological polar surface area (TPSA) is 69.6 Å². The standard InChI is InChI=1S/C11H14ClNO3/c1-7(15)13-10-3-2-8(12)6-9(10)11(16)4-5-14/h2-3,6,11,14,16H,4-5H2,1H3,(H,13,15). The van der Waals surface area contributed by atoms with E-state index in [-0.39, 0.29) is 18.9 Å². The van der Waals surface area contributed by atoms with Gasteiger partial charge in [0.1, 0.15) is 0 Å². The summed E-state index contributed by atoms with van der Waals surface area (Å²) in [5.41, 5.74) is 1.02. The predicted molar refractivity (Wildman–Crippen MR) is 62.4 cm³/mol. The third-order valence-electron chi connectivity index (χ3n) is 2.09. The van der Waals surface area contributed by atoms with Crippen LogP contribution in [0.25, 0.3) is 0 Å². The first-order valence-electron chi connectivity index (χ1n) is 4.90. The number of halogens is 1. The molecular formula is C11H14ClNO3. The molecule has 0 aliphatic rings. The van der Waals surface area contributed by atoms with Crippen molar-refractivity contribution in [2.45, 2.75) is 19.4 Å². The van der Waals surface area contributed by atoms with E-state index >= 15 is 0 Å². The van der Waals surface area contributed by atoms with Crippen LogP contribution >= 0.6 is 11.6 Å². The van der Waals surface area contributed by atoms with Crippen LogP contribution in [0.3, 0.4) is 0 Å². The lowest BCUT2D eigenvalue weighted by Gasteiger charge is -2.15. The van der Waals surface area contributed by atoms with E-state index in [1.54, 1.807) is 18.2 Å². The van der Waals surface area contributed by atoms with Crippen molar-refractivity contribution >= 4 is 23.2 Å². The van der Waals surface area contributed by atoms with Gasteiger partial charge in [0.15, 0.2) is 0 Å². The first-order chi connectivity index (χ1) is 7.54. The summed E-state index contributed by atoms with van der Waals surface area (Å²) in [6.45, 7) is 1.25. The molecule has 1 atom stereocenters. The van der Waals surface area contributed by atoms with Gasteiger partial charge in [0.25, 0.3) is 0 Å². The molecule has 0 aliphatic heterocycles. The van der Waals surface area contributed by atoms with Gasteiger partial charge < -0.3 is 15.5 Å². The highest BCUT2D eigenvalue weighted by atomic mass is 35.5. The average molecular weight is 244 g/mol. The van der Waals surface area contributed by atoms with Gasteiger partial charge in [-0.1, -0.05) is 11.6 Å². The molecule has 4 nitrogen and oxygen atoms in total. The summed E-state index contributed by atoms with van der Waals surface area (Å²) in [4.78, 5) is 11.0. The van der Waals surface area contributed by atoms with Gasteiger partial charge >= 0.3 is 0 Å². The zero-order valence-electron chi connectivity index (χ0n) is 8.90. The molecule has 1 aromatic rings. The first-order valence-corrected chi connectivity index (χ1v) is 5.28. The molecule has 0 heterocycles. The fourth-order valence-electron chi connectivity index (χ4n) is 1.39. The van der Waals surface area contributed by atoms with Crippen molar-refractivity contribution in [3.05, 3.63) is 28.8 Å². The number of carbonyl (C=O) groups excluding carboxylic acids is 1. The Bertz CT molecular complexity index is 381. The Labute approximate surface area is 98.9 Å². The quantitative estimate of drug-likeness (QED) is 0.754. The van der Waals surface area contributed by atoms with Crippen LogP contribution in [0.15, 0.2) is 18.2 Å². The number of amides is 1. The van der Waals surface area contributed by atoms with Gasteiger partial charge in [-0.15, -0.1) is 0 Å². The van der Waals surface area contributed by atoms with Gasteiger partial charge in [-0.25, -0.2) is 0 Å². The minimum absolute atomic E-state index is 0.132. The van der Waals surface area contributed by atoms with Gasteiger partial charge in [0.05, 0.1) is 6.10 Å². The largest absolute Gasteiger partial charge is 0.396 e. The second kappa shape index (κ2) is 5.84. The number of rotatable bonds is 4. The van der Waals surface area contributed by atoms with Crippen LogP contribution in [0.4, 0.5) is 5.69 Å². The molecule has 1 rings (SSSR count). The van der Waals surface area contributed by atoms with E-state index < -0.39 is 6.10 Å². The van der Waals surface area contributed by atoms with E-state index in [1.807, 2.05) is 0 Å². The second-order valence-corrected chi connectivity index (χ2v) is 3.88. The summed E-state index contributed by atoms with van der Waals surface area (Å²) in [5.74, 6) is -0.222. The van der Waals surface area contributed by atoms with Crippen LogP contribution in [-0.2, 0) is 4.79 Å². The summed E-state index contributed by atoms with van der Waals surface area (Å²) < 4.78 is 0. The van der Waals surface area contributed by atoms with Crippen LogP contribution < -0.4 is 5.32 Å². The summed E-state index contributed by atoms with van der Waals surface area (Å²) in [6, 6.07) is 4.83. The molecule has 88 valence electrons. The lowest BCUT2D eigenvalue weighted by atomic mass is 10.0. The van der Waals surface area contributed by atoms with Crippen molar-refractivity contribution in [2.24, 2.45) is 0 Å². The lowest BCUT2D eigenvalue weighted by Crippen LogP contribution is -2.11. The highest BCUT2D eigenvalue weighted by Crippen LogP contribution is 2.28. The fourth-order valence-corrected chi connectivity index (χ4v) is 1.57. The summed E-state index contributed by atoms with van der Waals surface area (Å²) in [7, 11) is 0. The van der Waals surface area contributed by atoms with Gasteiger partial charge in [0.2, 0.25) is 5.91 Å². The molecule has 0 fully saturated rings. The zero-order valence-corrected chi connectivity index (χ0v) is 9.66. The van der Waals surface area contributed by atoms with Crippen LogP contribution in [0, 0.1) is 0 Å². The van der Waals surface area contributed by atoms with E-state index in [2.05, 4.69) is 5.32 Å². The molecule has 0 radical (unpaired) electrons. The first kappa shape index (κ1) is 13.0. The van der Waals surface area contributed by atoms with Crippen molar-refractivity contribution in [1.29, 1.82) is 0 Å². The normalized spacial score (nSPS) is 12.2. The predicted octanol–water partition coefficient (Wildman–Crippen LogP) is 1.71. The van der Waals surface area contributed by atoms with Crippen molar-refractivity contribution in [1.82, 2.24) is 0 Å². The van der Waals surface area contributed by atoms with Crippen molar-refractivity contribution in [3.63, 3.8) is 0 Å². The molecule has 0 aromatic heterocycles. The number of benzene rings is 1. The Balaban J connectivity index is 3.02. The molecular weight excluding hydrogens is 230 g/mol. The van der Waals surface area contributed by atoms with E-state index in [1.165, 1.54) is 6.92 Å². The molecule has 3 N–H and O–H groups in total. The number of anilines is 1. The number of aliphatic hydroxyl groups excluding tert-OH is 2. The molecule has 0 aliphatic carbocycles. The molecule has 1 unspecified atom stereocenters. The third kappa shape index (κ3) is 3.48. The molecule has 0 saturated heterocycles. The van der Waals surface area contributed by atoms with Gasteiger partial charge in [-0.3, -0.25) is 4.79 Å². The molecule has 0 spiro atoms. The van der Waals surface area contributed by atoms with E-state index in [0.717, 1.165) is 0 Å². The Morgan fingerprint density at radius 3 is 2.81 bits per heavy atom. The maximum Gasteiger partial charge on any atom is 0.221 e. The van der Waals surface area contributed by atoms with Crippen molar-refractivity contribution in [2.75, 3.05) is 11.9 Å². The Kier molecular flexibility index (Phi) is 4.73. The fraction of sp³-hybridized carbons (Fsp3) is 0.364. The number of aliphatic hydroxyl groups is 2. The minimum Gasteiger partial charge on any atom is -0.396 e. The summed E-state index contributed by atoms with van der Waals surface area (Å²) >= 11 is 5.81. The zero-order chi connectivity index (χ0) is 12.1. The SMILES string of the molecule is CC(=O)Nc1ccc(Cl)cc1C(O)CCO. The molecule has 1 amide bonds. The van der Waals surface area contributed by atoms with E-state index in [9.17, 15) is 9.90 Å².